The van der Waals surface area contributed by atoms with Crippen molar-refractivity contribution in [1.29, 1.82) is 0 Å². The average molecular weight is 399 g/mol. The Morgan fingerprint density at radius 3 is 2.69 bits per heavy atom. The van der Waals surface area contributed by atoms with E-state index in [-0.39, 0.29) is 17.0 Å². The summed E-state index contributed by atoms with van der Waals surface area (Å²) < 4.78 is 8.43. The molecule has 2 aliphatic heterocycles. The maximum Gasteiger partial charge on any atom is 0.345 e. The van der Waals surface area contributed by atoms with Gasteiger partial charge in [0.05, 0.1) is 18.7 Å². The van der Waals surface area contributed by atoms with Crippen LogP contribution in [0.5, 0.6) is 0 Å². The summed E-state index contributed by atoms with van der Waals surface area (Å²) in [7, 11) is 1.63. The molecule has 0 atom stereocenters. The number of fused-ring (bicyclic) bond motifs is 1. The predicted molar refractivity (Wildman–Crippen MR) is 108 cm³/mol. The van der Waals surface area contributed by atoms with Crippen LogP contribution in [-0.2, 0) is 24.2 Å². The summed E-state index contributed by atoms with van der Waals surface area (Å²) in [5.74, 6) is 0.959. The average Bonchev–Trinajstić information content (AvgIpc) is 2.93. The third-order valence-electron chi connectivity index (χ3n) is 6.60. The number of hydrogen-bond acceptors (Lipinski definition) is 5. The van der Waals surface area contributed by atoms with Gasteiger partial charge in [-0.15, -0.1) is 0 Å². The van der Waals surface area contributed by atoms with Crippen molar-refractivity contribution < 1.29 is 9.53 Å². The molecule has 0 aliphatic carbocycles. The van der Waals surface area contributed by atoms with Crippen LogP contribution in [0.4, 0.5) is 0 Å². The number of hydrogen-bond donors (Lipinski definition) is 0. The highest BCUT2D eigenvalue weighted by atomic mass is 16.5. The number of rotatable bonds is 4. The minimum absolute atomic E-state index is 0.0335. The summed E-state index contributed by atoms with van der Waals surface area (Å²) in [6.07, 6.45) is 6.45. The van der Waals surface area contributed by atoms with Crippen molar-refractivity contribution in [3.8, 4) is 0 Å². The molecule has 1 amide bonds. The number of pyridine rings is 1. The van der Waals surface area contributed by atoms with Gasteiger partial charge < -0.3 is 9.64 Å². The van der Waals surface area contributed by atoms with Gasteiger partial charge in [0, 0.05) is 45.1 Å². The summed E-state index contributed by atoms with van der Waals surface area (Å²) in [6.45, 7) is 5.08. The van der Waals surface area contributed by atoms with Gasteiger partial charge in [0.15, 0.2) is 0 Å². The normalized spacial score (nSPS) is 18.5. The smallest absolute Gasteiger partial charge is 0.345 e. The van der Waals surface area contributed by atoms with Gasteiger partial charge in [-0.05, 0) is 50.2 Å². The first kappa shape index (κ1) is 19.8. The Morgan fingerprint density at radius 2 is 1.97 bits per heavy atom. The van der Waals surface area contributed by atoms with E-state index in [9.17, 15) is 9.59 Å². The van der Waals surface area contributed by atoms with Crippen molar-refractivity contribution in [2.45, 2.75) is 52.1 Å². The summed E-state index contributed by atoms with van der Waals surface area (Å²) >= 11 is 0. The molecule has 2 aromatic rings. The molecule has 1 spiro atoms. The molecule has 2 aromatic heterocycles. The molecule has 4 rings (SSSR count). The molecule has 8 heteroatoms. The Kier molecular flexibility index (Phi) is 5.54. The number of nitrogens with zero attached hydrogens (tertiary/aromatic N) is 5. The first-order chi connectivity index (χ1) is 14.0. The summed E-state index contributed by atoms with van der Waals surface area (Å²) in [5.41, 5.74) is 1.63. The molecule has 0 aromatic carbocycles. The summed E-state index contributed by atoms with van der Waals surface area (Å²) in [6, 6.07) is 3.67. The van der Waals surface area contributed by atoms with Crippen molar-refractivity contribution in [1.82, 2.24) is 24.2 Å². The van der Waals surface area contributed by atoms with E-state index >= 15 is 0 Å². The molecule has 0 unspecified atom stereocenters. The molecule has 8 nitrogen and oxygen atoms in total. The van der Waals surface area contributed by atoms with Gasteiger partial charge in [0.2, 0.25) is 0 Å². The number of piperidine rings is 1. The second-order valence-corrected chi connectivity index (χ2v) is 8.24. The van der Waals surface area contributed by atoms with Gasteiger partial charge in [0.25, 0.3) is 5.91 Å². The highest BCUT2D eigenvalue weighted by Gasteiger charge is 2.38. The molecule has 4 heterocycles. The number of carbonyl (C=O) groups excluding carboxylic acids is 1. The Morgan fingerprint density at radius 1 is 1.21 bits per heavy atom. The number of likely N-dealkylation sites (tertiary alicyclic amines) is 1. The quantitative estimate of drug-likeness (QED) is 0.781. The highest BCUT2D eigenvalue weighted by molar-refractivity contribution is 5.95. The number of ether oxygens (including phenoxy) is 1. The largest absolute Gasteiger partial charge is 0.383 e. The first-order valence-corrected chi connectivity index (χ1v) is 10.4. The number of aryl methyl sites for hydroxylation is 2. The minimum Gasteiger partial charge on any atom is -0.383 e. The zero-order valence-electron chi connectivity index (χ0n) is 17.3. The van der Waals surface area contributed by atoms with Crippen LogP contribution in [0.2, 0.25) is 0 Å². The molecule has 2 aliphatic rings. The molecule has 29 heavy (non-hydrogen) atoms. The predicted octanol–water partition coefficient (Wildman–Crippen LogP) is 1.65. The molecule has 0 N–H and O–H groups in total. The zero-order valence-corrected chi connectivity index (χ0v) is 17.3. The summed E-state index contributed by atoms with van der Waals surface area (Å²) in [4.78, 5) is 31.7. The fraction of sp³-hybridized carbons (Fsp3) is 0.619. The lowest BCUT2D eigenvalue weighted by molar-refractivity contribution is 0.0533. The van der Waals surface area contributed by atoms with E-state index in [1.807, 2.05) is 28.5 Å². The van der Waals surface area contributed by atoms with Crippen molar-refractivity contribution in [2.75, 3.05) is 26.8 Å². The monoisotopic (exact) mass is 399 g/mol. The SMILES string of the molecule is COCCn1nc2n(c1=O)CCC1(CC2)CCN(C(=O)c2cccnc2C)CC1. The highest BCUT2D eigenvalue weighted by Crippen LogP contribution is 2.41. The number of carbonyl (C=O) groups is 1. The van der Waals surface area contributed by atoms with E-state index in [4.69, 9.17) is 4.74 Å². The standard InChI is InChI=1S/C21H29N5O3/c1-16-17(4-3-10-22-16)19(27)24-11-7-21(8-12-24)6-5-18-23-26(14-15-29-2)20(28)25(18)13-9-21/h3-4,10H,5-9,11-15H2,1-2H3. The topological polar surface area (TPSA) is 82.2 Å². The van der Waals surface area contributed by atoms with E-state index in [1.165, 1.54) is 4.68 Å². The Labute approximate surface area is 170 Å². The fourth-order valence-corrected chi connectivity index (χ4v) is 4.63. The maximum absolute atomic E-state index is 12.9. The van der Waals surface area contributed by atoms with Crippen LogP contribution in [-0.4, -0.2) is 56.9 Å². The van der Waals surface area contributed by atoms with Crippen LogP contribution in [0.15, 0.2) is 23.1 Å². The molecule has 0 bridgehead atoms. The van der Waals surface area contributed by atoms with Crippen LogP contribution >= 0.6 is 0 Å². The van der Waals surface area contributed by atoms with E-state index in [1.54, 1.807) is 13.3 Å². The second-order valence-electron chi connectivity index (χ2n) is 8.24. The molecule has 0 radical (unpaired) electrons. The van der Waals surface area contributed by atoms with Crippen LogP contribution in [0.25, 0.3) is 0 Å². The minimum atomic E-state index is -0.0335. The van der Waals surface area contributed by atoms with Crippen molar-refractivity contribution in [2.24, 2.45) is 5.41 Å². The Balaban J connectivity index is 1.41. The molecule has 156 valence electrons. The van der Waals surface area contributed by atoms with Gasteiger partial charge >= 0.3 is 5.69 Å². The van der Waals surface area contributed by atoms with Gasteiger partial charge in [-0.1, -0.05) is 0 Å². The Bertz CT molecular complexity index is 940. The lowest BCUT2D eigenvalue weighted by atomic mass is 9.72. The van der Waals surface area contributed by atoms with E-state index in [0.717, 1.165) is 56.7 Å². The third-order valence-corrected chi connectivity index (χ3v) is 6.60. The van der Waals surface area contributed by atoms with Crippen LogP contribution in [0.1, 0.15) is 47.6 Å². The van der Waals surface area contributed by atoms with E-state index < -0.39 is 0 Å². The Hall–Kier alpha value is -2.48. The zero-order chi connectivity index (χ0) is 20.4. The fourth-order valence-electron chi connectivity index (χ4n) is 4.63. The van der Waals surface area contributed by atoms with Crippen molar-refractivity contribution in [3.05, 3.63) is 45.9 Å². The van der Waals surface area contributed by atoms with E-state index in [2.05, 4.69) is 10.1 Å². The van der Waals surface area contributed by atoms with Gasteiger partial charge in [-0.2, -0.15) is 5.10 Å². The maximum atomic E-state index is 12.9. The van der Waals surface area contributed by atoms with Gasteiger partial charge in [-0.3, -0.25) is 14.3 Å². The molecule has 1 fully saturated rings. The van der Waals surface area contributed by atoms with Gasteiger partial charge in [-0.25, -0.2) is 9.48 Å². The molecular weight excluding hydrogens is 370 g/mol. The number of methoxy groups -OCH3 is 1. The number of aromatic nitrogens is 4. The van der Waals surface area contributed by atoms with Crippen LogP contribution < -0.4 is 5.69 Å². The lowest BCUT2D eigenvalue weighted by Crippen LogP contribution is -2.43. The summed E-state index contributed by atoms with van der Waals surface area (Å²) in [5, 5.41) is 4.53. The van der Waals surface area contributed by atoms with Crippen molar-refractivity contribution >= 4 is 5.91 Å². The lowest BCUT2D eigenvalue weighted by Gasteiger charge is -2.41. The molecular formula is C21H29N5O3. The number of amides is 1. The van der Waals surface area contributed by atoms with Crippen molar-refractivity contribution in [3.63, 3.8) is 0 Å². The van der Waals surface area contributed by atoms with E-state index in [0.29, 0.717) is 25.3 Å². The molecule has 1 saturated heterocycles. The van der Waals surface area contributed by atoms with Crippen LogP contribution in [0.3, 0.4) is 0 Å². The second kappa shape index (κ2) is 8.10. The van der Waals surface area contributed by atoms with Gasteiger partial charge in [0.1, 0.15) is 5.82 Å². The van der Waals surface area contributed by atoms with Crippen LogP contribution in [0, 0.1) is 12.3 Å². The third kappa shape index (κ3) is 3.85. The molecule has 0 saturated carbocycles. The first-order valence-electron chi connectivity index (χ1n) is 10.4.